The number of halogens is 2. The first-order valence-corrected chi connectivity index (χ1v) is 7.38. The van der Waals surface area contributed by atoms with Crippen LogP contribution in [0.1, 0.15) is 51.0 Å². The number of rotatable bonds is 5. The fourth-order valence-electron chi connectivity index (χ4n) is 3.08. The smallest absolute Gasteiger partial charge is 0.159 e. The summed E-state index contributed by atoms with van der Waals surface area (Å²) >= 11 is 0. The first-order valence-electron chi connectivity index (χ1n) is 7.38. The minimum atomic E-state index is -0.775. The fraction of sp³-hybridized carbons (Fsp3) is 0.625. The summed E-state index contributed by atoms with van der Waals surface area (Å²) in [6.45, 7) is 2.81. The van der Waals surface area contributed by atoms with Crippen LogP contribution < -0.4 is 5.32 Å². The highest BCUT2D eigenvalue weighted by Crippen LogP contribution is 2.27. The standard InChI is InChI=1S/C16H23F2N/c1-2-16(13-6-4-3-5-7-13)19-11-12-8-9-14(17)15(18)10-12/h8-10,13,16,19H,2-7,11H2,1H3. The van der Waals surface area contributed by atoms with Gasteiger partial charge in [0.2, 0.25) is 0 Å². The van der Waals surface area contributed by atoms with Gasteiger partial charge in [0, 0.05) is 12.6 Å². The van der Waals surface area contributed by atoms with Crippen LogP contribution in [0.2, 0.25) is 0 Å². The molecule has 1 fully saturated rings. The molecule has 1 aliphatic rings. The van der Waals surface area contributed by atoms with E-state index in [1.165, 1.54) is 44.2 Å². The van der Waals surface area contributed by atoms with Gasteiger partial charge >= 0.3 is 0 Å². The maximum absolute atomic E-state index is 13.1. The molecule has 0 radical (unpaired) electrons. The van der Waals surface area contributed by atoms with Crippen LogP contribution in [-0.4, -0.2) is 6.04 Å². The molecular weight excluding hydrogens is 244 g/mol. The van der Waals surface area contributed by atoms with Gasteiger partial charge < -0.3 is 5.32 Å². The zero-order valence-corrected chi connectivity index (χ0v) is 11.6. The number of nitrogens with one attached hydrogen (secondary N) is 1. The fourth-order valence-corrected chi connectivity index (χ4v) is 3.08. The van der Waals surface area contributed by atoms with Crippen molar-refractivity contribution >= 4 is 0 Å². The van der Waals surface area contributed by atoms with Crippen molar-refractivity contribution in [1.29, 1.82) is 0 Å². The molecule has 19 heavy (non-hydrogen) atoms. The van der Waals surface area contributed by atoms with E-state index in [1.807, 2.05) is 0 Å². The van der Waals surface area contributed by atoms with Crippen LogP contribution in [0.5, 0.6) is 0 Å². The van der Waals surface area contributed by atoms with Crippen molar-refractivity contribution in [2.24, 2.45) is 5.92 Å². The lowest BCUT2D eigenvalue weighted by Crippen LogP contribution is -2.36. The van der Waals surface area contributed by atoms with E-state index < -0.39 is 11.6 Å². The zero-order valence-electron chi connectivity index (χ0n) is 11.6. The van der Waals surface area contributed by atoms with Crippen molar-refractivity contribution in [3.63, 3.8) is 0 Å². The van der Waals surface area contributed by atoms with E-state index in [2.05, 4.69) is 12.2 Å². The topological polar surface area (TPSA) is 12.0 Å². The van der Waals surface area contributed by atoms with Gasteiger partial charge in [-0.3, -0.25) is 0 Å². The van der Waals surface area contributed by atoms with E-state index in [-0.39, 0.29) is 0 Å². The predicted molar refractivity (Wildman–Crippen MR) is 73.9 cm³/mol. The van der Waals surface area contributed by atoms with Gasteiger partial charge in [0.15, 0.2) is 11.6 Å². The van der Waals surface area contributed by atoms with Crippen LogP contribution in [0.15, 0.2) is 18.2 Å². The Hall–Kier alpha value is -0.960. The zero-order chi connectivity index (χ0) is 13.7. The molecule has 106 valence electrons. The molecule has 1 saturated carbocycles. The summed E-state index contributed by atoms with van der Waals surface area (Å²) in [5.41, 5.74) is 0.813. The molecule has 1 atom stereocenters. The van der Waals surface area contributed by atoms with Crippen molar-refractivity contribution < 1.29 is 8.78 Å². The molecule has 1 unspecified atom stereocenters. The first kappa shape index (κ1) is 14.4. The summed E-state index contributed by atoms with van der Waals surface area (Å²) in [5, 5.41) is 3.51. The van der Waals surface area contributed by atoms with Crippen molar-refractivity contribution in [1.82, 2.24) is 5.32 Å². The summed E-state index contributed by atoms with van der Waals surface area (Å²) in [4.78, 5) is 0. The average Bonchev–Trinajstić information content (AvgIpc) is 2.44. The molecule has 1 nitrogen and oxygen atoms in total. The van der Waals surface area contributed by atoms with Gasteiger partial charge in [0.1, 0.15) is 0 Å². The molecule has 1 aromatic carbocycles. The van der Waals surface area contributed by atoms with Crippen molar-refractivity contribution in [3.05, 3.63) is 35.4 Å². The minimum absolute atomic E-state index is 0.494. The normalized spacial score (nSPS) is 18.5. The quantitative estimate of drug-likeness (QED) is 0.833. The van der Waals surface area contributed by atoms with Crippen LogP contribution in [0.25, 0.3) is 0 Å². The molecule has 1 aromatic rings. The molecule has 0 aliphatic heterocycles. The van der Waals surface area contributed by atoms with Gasteiger partial charge in [-0.25, -0.2) is 8.78 Å². The van der Waals surface area contributed by atoms with E-state index in [9.17, 15) is 8.78 Å². The minimum Gasteiger partial charge on any atom is -0.310 e. The summed E-state index contributed by atoms with van der Waals surface area (Å²) in [6.07, 6.45) is 7.69. The predicted octanol–water partition coefficient (Wildman–Crippen LogP) is 4.41. The van der Waals surface area contributed by atoms with Gasteiger partial charge in [-0.1, -0.05) is 32.3 Å². The summed E-state index contributed by atoms with van der Waals surface area (Å²) in [5.74, 6) is -0.794. The lowest BCUT2D eigenvalue weighted by atomic mass is 9.83. The molecule has 0 amide bonds. The second-order valence-electron chi connectivity index (χ2n) is 5.54. The highest BCUT2D eigenvalue weighted by molar-refractivity contribution is 5.17. The third-order valence-corrected chi connectivity index (χ3v) is 4.21. The maximum atomic E-state index is 13.1. The van der Waals surface area contributed by atoms with Crippen molar-refractivity contribution in [2.75, 3.05) is 0 Å². The third kappa shape index (κ3) is 4.00. The molecule has 0 spiro atoms. The third-order valence-electron chi connectivity index (χ3n) is 4.21. The van der Waals surface area contributed by atoms with Crippen LogP contribution in [-0.2, 0) is 6.54 Å². The first-order chi connectivity index (χ1) is 9.20. The lowest BCUT2D eigenvalue weighted by Gasteiger charge is -2.30. The van der Waals surface area contributed by atoms with Gasteiger partial charge in [-0.15, -0.1) is 0 Å². The Morgan fingerprint density at radius 2 is 1.89 bits per heavy atom. The Morgan fingerprint density at radius 1 is 1.16 bits per heavy atom. The Labute approximate surface area is 114 Å². The van der Waals surface area contributed by atoms with Crippen LogP contribution in [0.4, 0.5) is 8.78 Å². The van der Waals surface area contributed by atoms with Gasteiger partial charge in [0.25, 0.3) is 0 Å². The van der Waals surface area contributed by atoms with E-state index >= 15 is 0 Å². The Balaban J connectivity index is 1.89. The SMILES string of the molecule is CCC(NCc1ccc(F)c(F)c1)C1CCCCC1. The Bertz CT molecular complexity index is 400. The van der Waals surface area contributed by atoms with Gasteiger partial charge in [-0.2, -0.15) is 0 Å². The molecule has 0 bridgehead atoms. The monoisotopic (exact) mass is 267 g/mol. The summed E-state index contributed by atoms with van der Waals surface area (Å²) in [7, 11) is 0. The number of hydrogen-bond acceptors (Lipinski definition) is 1. The average molecular weight is 267 g/mol. The second kappa shape index (κ2) is 6.99. The molecule has 1 aliphatic carbocycles. The van der Waals surface area contributed by atoms with Crippen molar-refractivity contribution in [3.8, 4) is 0 Å². The highest BCUT2D eigenvalue weighted by atomic mass is 19.2. The molecule has 0 heterocycles. The molecule has 2 rings (SSSR count). The Morgan fingerprint density at radius 3 is 2.53 bits per heavy atom. The van der Waals surface area contributed by atoms with E-state index in [1.54, 1.807) is 6.07 Å². The Kier molecular flexibility index (Phi) is 5.32. The van der Waals surface area contributed by atoms with Crippen LogP contribution in [0, 0.1) is 17.6 Å². The van der Waals surface area contributed by atoms with Crippen LogP contribution >= 0.6 is 0 Å². The molecule has 0 aromatic heterocycles. The highest BCUT2D eigenvalue weighted by Gasteiger charge is 2.21. The maximum Gasteiger partial charge on any atom is 0.159 e. The van der Waals surface area contributed by atoms with E-state index in [0.29, 0.717) is 12.6 Å². The summed E-state index contributed by atoms with van der Waals surface area (Å²) in [6, 6.07) is 4.64. The van der Waals surface area contributed by atoms with Gasteiger partial charge in [-0.05, 0) is 42.9 Å². The van der Waals surface area contributed by atoms with Gasteiger partial charge in [0.05, 0.1) is 0 Å². The largest absolute Gasteiger partial charge is 0.310 e. The molecule has 1 N–H and O–H groups in total. The molecular formula is C16H23F2N. The molecule has 0 saturated heterocycles. The molecule has 3 heteroatoms. The van der Waals surface area contributed by atoms with Crippen molar-refractivity contribution in [2.45, 2.75) is 58.0 Å². The summed E-state index contributed by atoms with van der Waals surface area (Å²) < 4.78 is 26.0. The van der Waals surface area contributed by atoms with E-state index in [4.69, 9.17) is 0 Å². The number of hydrogen-bond donors (Lipinski definition) is 1. The van der Waals surface area contributed by atoms with Crippen LogP contribution in [0.3, 0.4) is 0 Å². The number of benzene rings is 1. The van der Waals surface area contributed by atoms with E-state index in [0.717, 1.165) is 17.9 Å². The lowest BCUT2D eigenvalue weighted by molar-refractivity contribution is 0.261. The second-order valence-corrected chi connectivity index (χ2v) is 5.54.